The highest BCUT2D eigenvalue weighted by Gasteiger charge is 2.26. The molecule has 0 spiro atoms. The molecule has 0 aliphatic rings. The van der Waals surface area contributed by atoms with E-state index in [1.165, 1.54) is 6.08 Å². The Labute approximate surface area is 203 Å². The predicted octanol–water partition coefficient (Wildman–Crippen LogP) is 3.59. The summed E-state index contributed by atoms with van der Waals surface area (Å²) >= 11 is 0. The van der Waals surface area contributed by atoms with Gasteiger partial charge in [-0.3, -0.25) is 14.3 Å². The highest BCUT2D eigenvalue weighted by molar-refractivity contribution is 5.96. The second-order valence-corrected chi connectivity index (χ2v) is 7.68. The smallest absolute Gasteiger partial charge is 0.358 e. The molecule has 3 aromatic rings. The van der Waals surface area contributed by atoms with Crippen molar-refractivity contribution in [3.05, 3.63) is 111 Å². The highest BCUT2D eigenvalue weighted by atomic mass is 19.1. The van der Waals surface area contributed by atoms with Gasteiger partial charge in [0, 0.05) is 30.4 Å². The number of benzene rings is 2. The summed E-state index contributed by atoms with van der Waals surface area (Å²) in [6.07, 6.45) is 2.39. The van der Waals surface area contributed by atoms with E-state index in [1.807, 2.05) is 0 Å². The molecule has 0 saturated heterocycles. The van der Waals surface area contributed by atoms with Crippen LogP contribution in [0.5, 0.6) is 5.75 Å². The Kier molecular flexibility index (Phi) is 8.15. The first-order valence-electron chi connectivity index (χ1n) is 10.6. The monoisotopic (exact) mass is 501 g/mol. The van der Waals surface area contributed by atoms with Gasteiger partial charge in [0.25, 0.3) is 5.91 Å². The summed E-state index contributed by atoms with van der Waals surface area (Å²) in [5, 5.41) is 12.0. The first-order valence-corrected chi connectivity index (χ1v) is 10.6. The van der Waals surface area contributed by atoms with Crippen LogP contribution in [0.25, 0.3) is 0 Å². The van der Waals surface area contributed by atoms with E-state index in [1.54, 1.807) is 37.3 Å². The zero-order valence-corrected chi connectivity index (χ0v) is 19.1. The number of rotatable bonds is 10. The Bertz CT molecular complexity index is 1340. The molecule has 3 rings (SSSR count). The number of nitrogens with zero attached hydrogens (tertiary/aromatic N) is 1. The van der Waals surface area contributed by atoms with Crippen LogP contribution in [0.2, 0.25) is 0 Å². The van der Waals surface area contributed by atoms with Crippen LogP contribution >= 0.6 is 0 Å². The van der Waals surface area contributed by atoms with E-state index in [2.05, 4.69) is 17.3 Å². The number of amides is 1. The summed E-state index contributed by atoms with van der Waals surface area (Å²) in [6.45, 7) is 4.36. The molecule has 0 saturated carbocycles. The maximum absolute atomic E-state index is 14.0. The number of hydrogen-bond acceptors (Lipinski definition) is 5. The van der Waals surface area contributed by atoms with Gasteiger partial charge in [0.1, 0.15) is 29.6 Å². The van der Waals surface area contributed by atoms with E-state index < -0.39 is 69.9 Å². The summed E-state index contributed by atoms with van der Waals surface area (Å²) in [7, 11) is 0. The zero-order chi connectivity index (χ0) is 26.4. The number of carbonyl (C=O) groups is 2. The molecule has 0 radical (unpaired) electrons. The predicted molar refractivity (Wildman–Crippen MR) is 125 cm³/mol. The molecule has 11 heteroatoms. The lowest BCUT2D eigenvalue weighted by Gasteiger charge is -2.20. The minimum atomic E-state index is -1.51. The van der Waals surface area contributed by atoms with Crippen LogP contribution < -0.4 is 20.9 Å². The van der Waals surface area contributed by atoms with Gasteiger partial charge in [0.2, 0.25) is 11.2 Å². The van der Waals surface area contributed by atoms with E-state index in [-0.39, 0.29) is 6.61 Å². The number of hydrogen-bond donors (Lipinski definition) is 3. The van der Waals surface area contributed by atoms with Gasteiger partial charge < -0.3 is 20.6 Å². The summed E-state index contributed by atoms with van der Waals surface area (Å²) < 4.78 is 47.6. The maximum Gasteiger partial charge on any atom is 0.358 e. The molecular formula is C25H22F3N3O5. The van der Waals surface area contributed by atoms with Crippen LogP contribution in [-0.4, -0.2) is 27.7 Å². The molecule has 188 valence electrons. The number of carboxylic acid groups (broad SMARTS) is 1. The SMILES string of the molecule is C=CC(C)Nn1cc(C(=O)NCc2c(F)cc(F)cc2F)c(=O)c(OCc2ccccc2)c1C(=O)O. The standard InChI is InChI=1S/C25H22F3N3O5/c1-3-14(2)30-31-12-18(24(33)29-11-17-19(27)9-16(26)10-20(17)28)22(32)23(21(31)25(34)35)36-13-15-7-5-4-6-8-15/h3-10,12,14,30H,1,11,13H2,2H3,(H,29,33)(H,34,35). The van der Waals surface area contributed by atoms with Gasteiger partial charge in [0.05, 0.1) is 6.04 Å². The van der Waals surface area contributed by atoms with Crippen LogP contribution in [0.15, 0.2) is 66.1 Å². The fourth-order valence-corrected chi connectivity index (χ4v) is 3.20. The Morgan fingerprint density at radius 2 is 1.81 bits per heavy atom. The van der Waals surface area contributed by atoms with Gasteiger partial charge >= 0.3 is 5.97 Å². The number of aromatic carboxylic acids is 1. The number of carboxylic acids is 1. The van der Waals surface area contributed by atoms with Gasteiger partial charge in [-0.1, -0.05) is 36.4 Å². The Hall–Kier alpha value is -4.54. The van der Waals surface area contributed by atoms with Crippen LogP contribution in [0.1, 0.15) is 38.9 Å². The van der Waals surface area contributed by atoms with Gasteiger partial charge in [-0.2, -0.15) is 0 Å². The van der Waals surface area contributed by atoms with E-state index in [4.69, 9.17) is 4.74 Å². The number of halogens is 3. The largest absolute Gasteiger partial charge is 0.482 e. The summed E-state index contributed by atoms with van der Waals surface area (Å²) in [4.78, 5) is 38.0. The minimum Gasteiger partial charge on any atom is -0.482 e. The zero-order valence-electron chi connectivity index (χ0n) is 19.1. The average Bonchev–Trinajstić information content (AvgIpc) is 2.83. The molecule has 2 aromatic carbocycles. The molecule has 0 aliphatic heterocycles. The lowest BCUT2D eigenvalue weighted by molar-refractivity contribution is 0.0678. The molecule has 3 N–H and O–H groups in total. The van der Waals surface area contributed by atoms with Crippen molar-refractivity contribution in [2.75, 3.05) is 5.43 Å². The number of nitrogens with one attached hydrogen (secondary N) is 2. The molecule has 0 aliphatic carbocycles. The van der Waals surface area contributed by atoms with Crippen molar-refractivity contribution >= 4 is 11.9 Å². The third-order valence-corrected chi connectivity index (χ3v) is 5.07. The van der Waals surface area contributed by atoms with Crippen molar-refractivity contribution in [1.29, 1.82) is 0 Å². The van der Waals surface area contributed by atoms with Crippen molar-refractivity contribution in [2.24, 2.45) is 0 Å². The first-order chi connectivity index (χ1) is 17.1. The van der Waals surface area contributed by atoms with Gasteiger partial charge in [-0.25, -0.2) is 18.0 Å². The van der Waals surface area contributed by atoms with Crippen LogP contribution in [0.3, 0.4) is 0 Å². The number of aromatic nitrogens is 1. The molecule has 36 heavy (non-hydrogen) atoms. The van der Waals surface area contributed by atoms with Crippen LogP contribution in [0, 0.1) is 17.5 Å². The average molecular weight is 501 g/mol. The summed E-state index contributed by atoms with van der Waals surface area (Å²) in [5.74, 6) is -6.77. The molecular weight excluding hydrogens is 479 g/mol. The van der Waals surface area contributed by atoms with Gasteiger partial charge in [0.15, 0.2) is 5.69 Å². The third-order valence-electron chi connectivity index (χ3n) is 5.07. The Morgan fingerprint density at radius 1 is 1.17 bits per heavy atom. The first kappa shape index (κ1) is 26.1. The highest BCUT2D eigenvalue weighted by Crippen LogP contribution is 2.18. The molecule has 0 bridgehead atoms. The van der Waals surface area contributed by atoms with Crippen molar-refractivity contribution in [1.82, 2.24) is 9.99 Å². The van der Waals surface area contributed by atoms with E-state index in [9.17, 15) is 32.7 Å². The van der Waals surface area contributed by atoms with Crippen molar-refractivity contribution in [2.45, 2.75) is 26.1 Å². The fourth-order valence-electron chi connectivity index (χ4n) is 3.20. The Balaban J connectivity index is 2.02. The van der Waals surface area contributed by atoms with Crippen molar-refractivity contribution < 1.29 is 32.6 Å². The molecule has 1 unspecified atom stereocenters. The van der Waals surface area contributed by atoms with Crippen LogP contribution in [0.4, 0.5) is 13.2 Å². The lowest BCUT2D eigenvalue weighted by atomic mass is 10.1. The summed E-state index contributed by atoms with van der Waals surface area (Å²) in [6, 6.07) is 9.01. The molecule has 1 heterocycles. The topological polar surface area (TPSA) is 110 Å². The molecule has 0 fully saturated rings. The van der Waals surface area contributed by atoms with E-state index >= 15 is 0 Å². The third kappa shape index (κ3) is 5.93. The number of pyridine rings is 1. The van der Waals surface area contributed by atoms with Crippen molar-refractivity contribution in [3.8, 4) is 5.75 Å². The van der Waals surface area contributed by atoms with Crippen LogP contribution in [-0.2, 0) is 13.2 Å². The second kappa shape index (κ2) is 11.3. The molecule has 1 amide bonds. The van der Waals surface area contributed by atoms with Gasteiger partial charge in [-0.15, -0.1) is 6.58 Å². The second-order valence-electron chi connectivity index (χ2n) is 7.68. The van der Waals surface area contributed by atoms with Gasteiger partial charge in [-0.05, 0) is 12.5 Å². The summed E-state index contributed by atoms with van der Waals surface area (Å²) in [5.41, 5.74) is 0.584. The Morgan fingerprint density at radius 3 is 2.39 bits per heavy atom. The lowest BCUT2D eigenvalue weighted by Crippen LogP contribution is -2.36. The molecule has 8 nitrogen and oxygen atoms in total. The number of carbonyl (C=O) groups excluding carboxylic acids is 1. The molecule has 1 atom stereocenters. The fraction of sp³-hybridized carbons (Fsp3) is 0.160. The van der Waals surface area contributed by atoms with E-state index in [0.29, 0.717) is 17.7 Å². The number of ether oxygens (including phenoxy) is 1. The quantitative estimate of drug-likeness (QED) is 0.367. The minimum absolute atomic E-state index is 0.176. The molecule has 1 aromatic heterocycles. The van der Waals surface area contributed by atoms with E-state index in [0.717, 1.165) is 10.9 Å². The normalized spacial score (nSPS) is 11.4. The maximum atomic E-state index is 14.0. The van der Waals surface area contributed by atoms with Crippen molar-refractivity contribution in [3.63, 3.8) is 0 Å².